The van der Waals surface area contributed by atoms with E-state index in [1.165, 1.54) is 0 Å². The van der Waals surface area contributed by atoms with Crippen LogP contribution in [0.2, 0.25) is 0 Å². The standard InChI is InChI=1S/C17H22N4O2/c1-3-21-11-14(10-19-21)17-15(6-7-23-17)20-16(22)8-13-5-4-12(2)18-9-13/h4-5,9-11,15,17H,3,6-8H2,1-2H3,(H,20,22)/t15-,17+/m0/s1. The van der Waals surface area contributed by atoms with E-state index in [0.29, 0.717) is 13.0 Å². The number of pyridine rings is 1. The Morgan fingerprint density at radius 1 is 1.43 bits per heavy atom. The highest BCUT2D eigenvalue weighted by Crippen LogP contribution is 2.28. The van der Waals surface area contributed by atoms with Crippen molar-refractivity contribution >= 4 is 5.91 Å². The van der Waals surface area contributed by atoms with Gasteiger partial charge in [0.2, 0.25) is 5.91 Å². The molecule has 2 aromatic heterocycles. The molecule has 1 aliphatic rings. The normalized spacial score (nSPS) is 20.6. The molecule has 23 heavy (non-hydrogen) atoms. The van der Waals surface area contributed by atoms with Crippen LogP contribution in [0.3, 0.4) is 0 Å². The Morgan fingerprint density at radius 2 is 2.30 bits per heavy atom. The number of amides is 1. The zero-order chi connectivity index (χ0) is 16.2. The number of hydrogen-bond acceptors (Lipinski definition) is 4. The molecule has 0 unspecified atom stereocenters. The van der Waals surface area contributed by atoms with Crippen LogP contribution in [0.4, 0.5) is 0 Å². The second kappa shape index (κ2) is 6.91. The number of hydrogen-bond donors (Lipinski definition) is 1. The summed E-state index contributed by atoms with van der Waals surface area (Å²) in [5.41, 5.74) is 2.89. The average molecular weight is 314 g/mol. The van der Waals surface area contributed by atoms with Gasteiger partial charge in [-0.25, -0.2) is 0 Å². The van der Waals surface area contributed by atoms with Crippen LogP contribution in [0.1, 0.15) is 36.3 Å². The van der Waals surface area contributed by atoms with E-state index in [0.717, 1.165) is 29.8 Å². The highest BCUT2D eigenvalue weighted by Gasteiger charge is 2.31. The molecule has 2 atom stereocenters. The molecule has 1 aliphatic heterocycles. The first-order chi connectivity index (χ1) is 11.2. The summed E-state index contributed by atoms with van der Waals surface area (Å²) in [6.07, 6.45) is 6.60. The molecule has 2 aromatic rings. The maximum atomic E-state index is 12.3. The molecular weight excluding hydrogens is 292 g/mol. The van der Waals surface area contributed by atoms with E-state index in [4.69, 9.17) is 4.74 Å². The third kappa shape index (κ3) is 3.76. The second-order valence-corrected chi connectivity index (χ2v) is 5.87. The van der Waals surface area contributed by atoms with Gasteiger partial charge in [0, 0.05) is 36.8 Å². The molecule has 0 radical (unpaired) electrons. The van der Waals surface area contributed by atoms with Gasteiger partial charge < -0.3 is 10.1 Å². The number of carbonyl (C=O) groups is 1. The van der Waals surface area contributed by atoms with Crippen molar-refractivity contribution in [3.05, 3.63) is 47.5 Å². The van der Waals surface area contributed by atoms with E-state index in [1.807, 2.05) is 43.1 Å². The van der Waals surface area contributed by atoms with Crippen molar-refractivity contribution in [1.82, 2.24) is 20.1 Å². The first-order valence-electron chi connectivity index (χ1n) is 8.00. The van der Waals surface area contributed by atoms with Gasteiger partial charge >= 0.3 is 0 Å². The third-order valence-corrected chi connectivity index (χ3v) is 4.08. The fourth-order valence-electron chi connectivity index (χ4n) is 2.81. The van der Waals surface area contributed by atoms with Gasteiger partial charge in [-0.15, -0.1) is 0 Å². The van der Waals surface area contributed by atoms with Crippen LogP contribution >= 0.6 is 0 Å². The minimum atomic E-state index is -0.115. The van der Waals surface area contributed by atoms with Gasteiger partial charge in [0.15, 0.2) is 0 Å². The number of nitrogens with zero attached hydrogens (tertiary/aromatic N) is 3. The Labute approximate surface area is 135 Å². The lowest BCUT2D eigenvalue weighted by atomic mass is 10.0. The van der Waals surface area contributed by atoms with Crippen LogP contribution in [0.15, 0.2) is 30.7 Å². The van der Waals surface area contributed by atoms with Gasteiger partial charge in [-0.2, -0.15) is 5.10 Å². The Hall–Kier alpha value is -2.21. The molecule has 0 aliphatic carbocycles. The van der Waals surface area contributed by atoms with Crippen molar-refractivity contribution < 1.29 is 9.53 Å². The van der Waals surface area contributed by atoms with Gasteiger partial charge in [-0.3, -0.25) is 14.5 Å². The lowest BCUT2D eigenvalue weighted by molar-refractivity contribution is -0.121. The summed E-state index contributed by atoms with van der Waals surface area (Å²) < 4.78 is 7.66. The molecule has 1 N–H and O–H groups in total. The van der Waals surface area contributed by atoms with E-state index in [1.54, 1.807) is 6.20 Å². The fourth-order valence-corrected chi connectivity index (χ4v) is 2.81. The Morgan fingerprint density at radius 3 is 3.00 bits per heavy atom. The molecule has 1 amide bonds. The topological polar surface area (TPSA) is 69.0 Å². The SMILES string of the molecule is CCn1cc([C@H]2OCC[C@@H]2NC(=O)Cc2ccc(C)nc2)cn1. The molecule has 0 bridgehead atoms. The predicted molar refractivity (Wildman–Crippen MR) is 85.8 cm³/mol. The molecule has 0 spiro atoms. The summed E-state index contributed by atoms with van der Waals surface area (Å²) in [5.74, 6) is -0.000892. The van der Waals surface area contributed by atoms with Gasteiger partial charge in [0.05, 0.1) is 18.7 Å². The molecule has 1 saturated heterocycles. The highest BCUT2D eigenvalue weighted by atomic mass is 16.5. The van der Waals surface area contributed by atoms with Crippen molar-refractivity contribution in [1.29, 1.82) is 0 Å². The van der Waals surface area contributed by atoms with Gasteiger partial charge in [-0.05, 0) is 31.9 Å². The number of carbonyl (C=O) groups excluding carboxylic acids is 1. The third-order valence-electron chi connectivity index (χ3n) is 4.08. The van der Waals surface area contributed by atoms with Crippen LogP contribution in [0.25, 0.3) is 0 Å². The number of aromatic nitrogens is 3. The number of aryl methyl sites for hydroxylation is 2. The van der Waals surface area contributed by atoms with Crippen molar-refractivity contribution in [3.63, 3.8) is 0 Å². The first-order valence-corrected chi connectivity index (χ1v) is 8.00. The maximum absolute atomic E-state index is 12.3. The van der Waals surface area contributed by atoms with Crippen molar-refractivity contribution in [2.24, 2.45) is 0 Å². The fraction of sp³-hybridized carbons (Fsp3) is 0.471. The first kappa shape index (κ1) is 15.7. The summed E-state index contributed by atoms with van der Waals surface area (Å²) in [6.45, 7) is 5.45. The summed E-state index contributed by atoms with van der Waals surface area (Å²) >= 11 is 0. The molecule has 0 saturated carbocycles. The Bertz CT molecular complexity index is 665. The molecule has 122 valence electrons. The minimum absolute atomic E-state index is 0.000892. The van der Waals surface area contributed by atoms with Crippen molar-refractivity contribution in [2.45, 2.75) is 45.4 Å². The molecule has 6 nitrogen and oxygen atoms in total. The summed E-state index contributed by atoms with van der Waals surface area (Å²) in [4.78, 5) is 16.5. The van der Waals surface area contributed by atoms with Gasteiger partial charge in [0.1, 0.15) is 6.10 Å². The zero-order valence-electron chi connectivity index (χ0n) is 13.5. The summed E-state index contributed by atoms with van der Waals surface area (Å²) in [6, 6.07) is 3.86. The van der Waals surface area contributed by atoms with E-state index in [-0.39, 0.29) is 18.1 Å². The number of rotatable bonds is 5. The van der Waals surface area contributed by atoms with Crippen LogP contribution < -0.4 is 5.32 Å². The Kier molecular flexibility index (Phi) is 4.71. The van der Waals surface area contributed by atoms with Crippen molar-refractivity contribution in [2.75, 3.05) is 6.61 Å². The lowest BCUT2D eigenvalue weighted by Crippen LogP contribution is -2.37. The van der Waals surface area contributed by atoms with E-state index in [9.17, 15) is 4.79 Å². The number of nitrogens with one attached hydrogen (secondary N) is 1. The smallest absolute Gasteiger partial charge is 0.224 e. The van der Waals surface area contributed by atoms with Crippen molar-refractivity contribution in [3.8, 4) is 0 Å². The number of ether oxygens (including phenoxy) is 1. The van der Waals surface area contributed by atoms with Crippen LogP contribution in [-0.4, -0.2) is 33.3 Å². The van der Waals surface area contributed by atoms with Crippen LogP contribution in [0, 0.1) is 6.92 Å². The Balaban J connectivity index is 1.61. The second-order valence-electron chi connectivity index (χ2n) is 5.87. The molecule has 3 rings (SSSR count). The predicted octanol–water partition coefficient (Wildman–Crippen LogP) is 1.80. The van der Waals surface area contributed by atoms with E-state index in [2.05, 4.69) is 15.4 Å². The largest absolute Gasteiger partial charge is 0.371 e. The van der Waals surface area contributed by atoms with E-state index >= 15 is 0 Å². The molecular formula is C17H22N4O2. The average Bonchev–Trinajstić information content (AvgIpc) is 3.18. The van der Waals surface area contributed by atoms with Gasteiger partial charge in [0.25, 0.3) is 0 Å². The lowest BCUT2D eigenvalue weighted by Gasteiger charge is -2.18. The minimum Gasteiger partial charge on any atom is -0.371 e. The molecule has 3 heterocycles. The maximum Gasteiger partial charge on any atom is 0.224 e. The quantitative estimate of drug-likeness (QED) is 0.913. The molecule has 6 heteroatoms. The van der Waals surface area contributed by atoms with E-state index < -0.39 is 0 Å². The van der Waals surface area contributed by atoms with Gasteiger partial charge in [-0.1, -0.05) is 6.07 Å². The highest BCUT2D eigenvalue weighted by molar-refractivity contribution is 5.78. The summed E-state index contributed by atoms with van der Waals surface area (Å²) in [5, 5.41) is 7.37. The monoisotopic (exact) mass is 314 g/mol. The van der Waals surface area contributed by atoms with Crippen LogP contribution in [-0.2, 0) is 22.5 Å². The molecule has 1 fully saturated rings. The zero-order valence-corrected chi connectivity index (χ0v) is 13.5. The molecule has 0 aromatic carbocycles. The van der Waals surface area contributed by atoms with Crippen LogP contribution in [0.5, 0.6) is 0 Å². The summed E-state index contributed by atoms with van der Waals surface area (Å²) in [7, 11) is 0.